The van der Waals surface area contributed by atoms with E-state index in [-0.39, 0.29) is 6.54 Å². The number of pyridine rings is 1. The number of hydrogen-bond acceptors (Lipinski definition) is 7. The molecule has 4 aromatic rings. The SMILES string of the molecule is CN1CCC(c2ccc(Nc3nc4c(Nc5ccccc5CN(C)S(C)(=O)=O)cccn4n3)cc2)CC1. The number of likely N-dealkylation sites (tertiary alicyclic amines) is 1. The van der Waals surface area contributed by atoms with E-state index in [4.69, 9.17) is 4.98 Å². The lowest BCUT2D eigenvalue weighted by atomic mass is 9.89. The van der Waals surface area contributed by atoms with Gasteiger partial charge in [0.15, 0.2) is 5.65 Å². The number of para-hydroxylation sites is 1. The minimum absolute atomic E-state index is 0.262. The number of nitrogens with zero attached hydrogens (tertiary/aromatic N) is 5. The van der Waals surface area contributed by atoms with Crippen molar-refractivity contribution < 1.29 is 8.42 Å². The Bertz CT molecular complexity index is 1480. The minimum Gasteiger partial charge on any atom is -0.352 e. The van der Waals surface area contributed by atoms with Gasteiger partial charge in [0.1, 0.15) is 0 Å². The third kappa shape index (κ3) is 5.93. The molecule has 0 spiro atoms. The third-order valence-corrected chi connectivity index (χ3v) is 8.23. The molecule has 0 atom stereocenters. The van der Waals surface area contributed by atoms with E-state index in [9.17, 15) is 8.42 Å². The van der Waals surface area contributed by atoms with Crippen LogP contribution in [0.15, 0.2) is 66.9 Å². The summed E-state index contributed by atoms with van der Waals surface area (Å²) in [5.41, 5.74) is 5.44. The molecule has 1 aliphatic rings. The zero-order valence-electron chi connectivity index (χ0n) is 21.4. The number of fused-ring (bicyclic) bond motifs is 1. The summed E-state index contributed by atoms with van der Waals surface area (Å²) in [6.07, 6.45) is 5.45. The van der Waals surface area contributed by atoms with Crippen molar-refractivity contribution in [2.24, 2.45) is 0 Å². The molecule has 2 aromatic carbocycles. The van der Waals surface area contributed by atoms with E-state index in [0.717, 1.165) is 35.7 Å². The summed E-state index contributed by atoms with van der Waals surface area (Å²) in [6, 6.07) is 20.1. The van der Waals surface area contributed by atoms with E-state index in [1.807, 2.05) is 42.6 Å². The predicted molar refractivity (Wildman–Crippen MR) is 148 cm³/mol. The van der Waals surface area contributed by atoms with Crippen molar-refractivity contribution in [1.29, 1.82) is 0 Å². The molecule has 0 amide bonds. The van der Waals surface area contributed by atoms with Gasteiger partial charge >= 0.3 is 0 Å². The van der Waals surface area contributed by atoms with E-state index in [0.29, 0.717) is 17.5 Å². The first-order chi connectivity index (χ1) is 17.8. The van der Waals surface area contributed by atoms with Crippen LogP contribution in [0.2, 0.25) is 0 Å². The Morgan fingerprint density at radius 1 is 0.973 bits per heavy atom. The van der Waals surface area contributed by atoms with Gasteiger partial charge in [-0.05, 0) is 80.4 Å². The fourth-order valence-electron chi connectivity index (χ4n) is 4.65. The number of nitrogens with one attached hydrogen (secondary N) is 2. The first kappa shape index (κ1) is 25.2. The van der Waals surface area contributed by atoms with E-state index >= 15 is 0 Å². The zero-order valence-corrected chi connectivity index (χ0v) is 22.2. The highest BCUT2D eigenvalue weighted by Crippen LogP contribution is 2.29. The molecule has 37 heavy (non-hydrogen) atoms. The highest BCUT2D eigenvalue weighted by atomic mass is 32.2. The molecular formula is C27H33N7O2S. The van der Waals surface area contributed by atoms with Crippen molar-refractivity contribution in [3.05, 3.63) is 78.0 Å². The Balaban J connectivity index is 1.33. The number of sulfonamides is 1. The number of aromatic nitrogens is 3. The third-order valence-electron chi connectivity index (χ3n) is 6.96. The quantitative estimate of drug-likeness (QED) is 0.356. The fraction of sp³-hybridized carbons (Fsp3) is 0.333. The second-order valence-electron chi connectivity index (χ2n) is 9.75. The van der Waals surface area contributed by atoms with Crippen LogP contribution < -0.4 is 10.6 Å². The van der Waals surface area contributed by atoms with Gasteiger partial charge in [0.2, 0.25) is 16.0 Å². The van der Waals surface area contributed by atoms with Gasteiger partial charge < -0.3 is 15.5 Å². The van der Waals surface area contributed by atoms with Crippen molar-refractivity contribution in [3.8, 4) is 0 Å². The maximum Gasteiger partial charge on any atom is 0.247 e. The van der Waals surface area contributed by atoms with Crippen molar-refractivity contribution in [1.82, 2.24) is 23.8 Å². The Kier molecular flexibility index (Phi) is 7.14. The van der Waals surface area contributed by atoms with Crippen LogP contribution in [0.4, 0.5) is 23.0 Å². The van der Waals surface area contributed by atoms with Crippen molar-refractivity contribution in [2.75, 3.05) is 44.1 Å². The smallest absolute Gasteiger partial charge is 0.247 e. The van der Waals surface area contributed by atoms with Crippen molar-refractivity contribution >= 4 is 38.7 Å². The second-order valence-corrected chi connectivity index (χ2v) is 11.8. The molecule has 0 unspecified atom stereocenters. The van der Waals surface area contributed by atoms with Gasteiger partial charge in [0.05, 0.1) is 11.9 Å². The van der Waals surface area contributed by atoms with Crippen molar-refractivity contribution in [3.63, 3.8) is 0 Å². The van der Waals surface area contributed by atoms with Gasteiger partial charge in [-0.15, -0.1) is 5.10 Å². The minimum atomic E-state index is -3.29. The Hall–Kier alpha value is -3.47. The molecule has 194 valence electrons. The number of hydrogen-bond donors (Lipinski definition) is 2. The summed E-state index contributed by atoms with van der Waals surface area (Å²) in [5, 5.41) is 11.3. The Labute approximate surface area is 218 Å². The molecule has 1 fully saturated rings. The fourth-order valence-corrected chi connectivity index (χ4v) is 5.02. The highest BCUT2D eigenvalue weighted by Gasteiger charge is 2.18. The van der Waals surface area contributed by atoms with Crippen molar-refractivity contribution in [2.45, 2.75) is 25.3 Å². The molecular weight excluding hydrogens is 486 g/mol. The summed E-state index contributed by atoms with van der Waals surface area (Å²) >= 11 is 0. The van der Waals surface area contributed by atoms with Crippen LogP contribution in [0.25, 0.3) is 5.65 Å². The maximum absolute atomic E-state index is 11.9. The van der Waals surface area contributed by atoms with E-state index < -0.39 is 10.0 Å². The van der Waals surface area contributed by atoms with Crippen LogP contribution in [0.1, 0.15) is 29.9 Å². The molecule has 2 aromatic heterocycles. The van der Waals surface area contributed by atoms with Gasteiger partial charge in [0.25, 0.3) is 0 Å². The van der Waals surface area contributed by atoms with Gasteiger partial charge in [-0.3, -0.25) is 0 Å². The molecule has 1 saturated heterocycles. The lowest BCUT2D eigenvalue weighted by molar-refractivity contribution is 0.255. The molecule has 3 heterocycles. The van der Waals surface area contributed by atoms with Crippen LogP contribution in [-0.4, -0.2) is 65.7 Å². The van der Waals surface area contributed by atoms with Gasteiger partial charge in [-0.1, -0.05) is 30.3 Å². The summed E-state index contributed by atoms with van der Waals surface area (Å²) in [4.78, 5) is 7.11. The van der Waals surface area contributed by atoms with Crippen LogP contribution in [0.5, 0.6) is 0 Å². The van der Waals surface area contributed by atoms with E-state index in [1.54, 1.807) is 11.6 Å². The average molecular weight is 520 g/mol. The maximum atomic E-state index is 11.9. The average Bonchev–Trinajstić information content (AvgIpc) is 3.29. The monoisotopic (exact) mass is 519 g/mol. The standard InChI is InChI=1S/C27H33N7O2S/c1-32-17-14-21(15-18-32)20-10-12-23(13-11-20)28-27-30-26-25(9-6-16-34(26)31-27)29-24-8-5-4-7-22(24)19-33(2)37(3,35)36/h4-13,16,21,29H,14-15,17-19H2,1-3H3,(H,28,31). The van der Waals surface area contributed by atoms with Crippen LogP contribution in [0.3, 0.4) is 0 Å². The van der Waals surface area contributed by atoms with Crippen LogP contribution in [0, 0.1) is 0 Å². The first-order valence-corrected chi connectivity index (χ1v) is 14.3. The largest absolute Gasteiger partial charge is 0.352 e. The number of piperidine rings is 1. The van der Waals surface area contributed by atoms with Crippen LogP contribution >= 0.6 is 0 Å². The van der Waals surface area contributed by atoms with Gasteiger partial charge in [-0.25, -0.2) is 17.2 Å². The number of anilines is 4. The number of benzene rings is 2. The molecule has 0 saturated carbocycles. The Morgan fingerprint density at radius 3 is 2.41 bits per heavy atom. The molecule has 0 bridgehead atoms. The lowest BCUT2D eigenvalue weighted by Crippen LogP contribution is -2.29. The summed E-state index contributed by atoms with van der Waals surface area (Å²) in [5.74, 6) is 1.12. The Morgan fingerprint density at radius 2 is 1.68 bits per heavy atom. The zero-order chi connectivity index (χ0) is 26.0. The molecule has 2 N–H and O–H groups in total. The topological polar surface area (TPSA) is 94.9 Å². The summed E-state index contributed by atoms with van der Waals surface area (Å²) in [7, 11) is 0.462. The summed E-state index contributed by atoms with van der Waals surface area (Å²) < 4.78 is 26.9. The van der Waals surface area contributed by atoms with E-state index in [1.165, 1.54) is 29.0 Å². The number of rotatable bonds is 8. The molecule has 0 radical (unpaired) electrons. The molecule has 0 aliphatic carbocycles. The normalized spacial score (nSPS) is 15.4. The molecule has 9 nitrogen and oxygen atoms in total. The first-order valence-electron chi connectivity index (χ1n) is 12.4. The highest BCUT2D eigenvalue weighted by molar-refractivity contribution is 7.88. The van der Waals surface area contributed by atoms with E-state index in [2.05, 4.69) is 51.9 Å². The molecule has 1 aliphatic heterocycles. The molecule has 10 heteroatoms. The van der Waals surface area contributed by atoms with Crippen LogP contribution in [-0.2, 0) is 16.6 Å². The lowest BCUT2D eigenvalue weighted by Gasteiger charge is -2.29. The second kappa shape index (κ2) is 10.5. The molecule has 5 rings (SSSR count). The van der Waals surface area contributed by atoms with Gasteiger partial charge in [-0.2, -0.15) is 4.98 Å². The van der Waals surface area contributed by atoms with Gasteiger partial charge in [0, 0.05) is 31.2 Å². The predicted octanol–water partition coefficient (Wildman–Crippen LogP) is 4.42. The summed E-state index contributed by atoms with van der Waals surface area (Å²) in [6.45, 7) is 2.55.